The molecular formula is C15H25N5O2. The molecule has 7 nitrogen and oxygen atoms in total. The average molecular weight is 307 g/mol. The molecule has 122 valence electrons. The van der Waals surface area contributed by atoms with Gasteiger partial charge in [0.1, 0.15) is 0 Å². The molecule has 2 N–H and O–H groups in total. The molecule has 0 aliphatic heterocycles. The maximum absolute atomic E-state index is 10.8. The van der Waals surface area contributed by atoms with Gasteiger partial charge in [-0.1, -0.05) is 19.3 Å². The Balaban J connectivity index is 1.77. The van der Waals surface area contributed by atoms with E-state index in [1.807, 2.05) is 19.4 Å². The van der Waals surface area contributed by atoms with Crippen molar-refractivity contribution in [3.8, 4) is 0 Å². The molecule has 0 bridgehead atoms. The van der Waals surface area contributed by atoms with Crippen LogP contribution in [0.4, 0.5) is 0 Å². The Kier molecular flexibility index (Phi) is 6.24. The summed E-state index contributed by atoms with van der Waals surface area (Å²) in [5, 5.41) is 17.2. The number of aryl methyl sites for hydroxylation is 2. The molecule has 1 heterocycles. The highest BCUT2D eigenvalue weighted by atomic mass is 16.6. The van der Waals surface area contributed by atoms with Gasteiger partial charge in [0.05, 0.1) is 11.3 Å². The maximum atomic E-state index is 10.8. The number of imidazole rings is 1. The molecular weight excluding hydrogens is 282 g/mol. The summed E-state index contributed by atoms with van der Waals surface area (Å²) in [6.45, 7) is 3.56. The van der Waals surface area contributed by atoms with E-state index >= 15 is 0 Å². The van der Waals surface area contributed by atoms with Crippen LogP contribution >= 0.6 is 0 Å². The van der Waals surface area contributed by atoms with Gasteiger partial charge >= 0.3 is 0 Å². The van der Waals surface area contributed by atoms with Gasteiger partial charge in [-0.05, 0) is 26.2 Å². The summed E-state index contributed by atoms with van der Waals surface area (Å²) in [6, 6.07) is 0.350. The first-order chi connectivity index (χ1) is 10.6. The Bertz CT molecular complexity index is 506. The van der Waals surface area contributed by atoms with Gasteiger partial charge in [0, 0.05) is 31.0 Å². The van der Waals surface area contributed by atoms with Crippen LogP contribution in [-0.2, 0) is 6.54 Å². The van der Waals surface area contributed by atoms with Crippen LogP contribution in [0.25, 0.3) is 0 Å². The summed E-state index contributed by atoms with van der Waals surface area (Å²) in [5.74, 6) is 0.527. The van der Waals surface area contributed by atoms with Crippen molar-refractivity contribution in [1.29, 1.82) is 0 Å². The molecule has 0 saturated heterocycles. The van der Waals surface area contributed by atoms with Gasteiger partial charge in [0.25, 0.3) is 6.20 Å². The SMILES string of the molecule is Cc1cncn1CCCNC(=C[N+](=O)[O-])NC1CCCCC1. The summed E-state index contributed by atoms with van der Waals surface area (Å²) in [5.41, 5.74) is 1.13. The fourth-order valence-corrected chi connectivity index (χ4v) is 2.80. The highest BCUT2D eigenvalue weighted by molar-refractivity contribution is 4.96. The summed E-state index contributed by atoms with van der Waals surface area (Å²) < 4.78 is 2.08. The fourth-order valence-electron chi connectivity index (χ4n) is 2.80. The molecule has 0 atom stereocenters. The second-order valence-electron chi connectivity index (χ2n) is 5.82. The Hall–Kier alpha value is -2.05. The average Bonchev–Trinajstić information content (AvgIpc) is 2.89. The Morgan fingerprint density at radius 1 is 1.50 bits per heavy atom. The highest BCUT2D eigenvalue weighted by Crippen LogP contribution is 2.18. The highest BCUT2D eigenvalue weighted by Gasteiger charge is 2.15. The van der Waals surface area contributed by atoms with E-state index in [-0.39, 0.29) is 0 Å². The molecule has 1 saturated carbocycles. The topological polar surface area (TPSA) is 85.0 Å². The molecule has 1 aromatic heterocycles. The van der Waals surface area contributed by atoms with Crippen molar-refractivity contribution in [3.63, 3.8) is 0 Å². The van der Waals surface area contributed by atoms with Gasteiger partial charge in [-0.15, -0.1) is 0 Å². The van der Waals surface area contributed by atoms with Gasteiger partial charge in [-0.25, -0.2) is 4.98 Å². The van der Waals surface area contributed by atoms with E-state index in [2.05, 4.69) is 20.2 Å². The normalized spacial score (nSPS) is 16.5. The lowest BCUT2D eigenvalue weighted by Gasteiger charge is -2.24. The number of nitrogens with one attached hydrogen (secondary N) is 2. The van der Waals surface area contributed by atoms with E-state index in [1.165, 1.54) is 19.3 Å². The Morgan fingerprint density at radius 3 is 2.91 bits per heavy atom. The standard InChI is InChI=1S/C15H25N5O2/c1-13-10-16-12-19(13)9-5-8-17-15(11-20(21)22)18-14-6-3-2-4-7-14/h10-12,14,17-18H,2-9H2,1H3. The minimum absolute atomic E-state index is 0.350. The van der Waals surface area contributed by atoms with Crippen molar-refractivity contribution in [2.24, 2.45) is 0 Å². The van der Waals surface area contributed by atoms with Crippen molar-refractivity contribution in [2.75, 3.05) is 6.54 Å². The molecule has 7 heteroatoms. The van der Waals surface area contributed by atoms with Crippen LogP contribution in [0.5, 0.6) is 0 Å². The van der Waals surface area contributed by atoms with E-state index in [1.54, 1.807) is 0 Å². The van der Waals surface area contributed by atoms with Gasteiger partial charge in [0.15, 0.2) is 5.82 Å². The van der Waals surface area contributed by atoms with E-state index in [0.717, 1.165) is 37.7 Å². The number of rotatable bonds is 8. The van der Waals surface area contributed by atoms with Gasteiger partial charge < -0.3 is 15.2 Å². The zero-order valence-electron chi connectivity index (χ0n) is 13.1. The number of nitro groups is 1. The second-order valence-corrected chi connectivity index (χ2v) is 5.82. The molecule has 1 aliphatic rings. The van der Waals surface area contributed by atoms with Crippen molar-refractivity contribution < 1.29 is 4.92 Å². The lowest BCUT2D eigenvalue weighted by molar-refractivity contribution is -0.404. The van der Waals surface area contributed by atoms with Crippen molar-refractivity contribution in [2.45, 2.75) is 58.0 Å². The predicted molar refractivity (Wildman–Crippen MR) is 84.7 cm³/mol. The molecule has 0 amide bonds. The third-order valence-electron chi connectivity index (χ3n) is 4.01. The first kappa shape index (κ1) is 16.3. The third-order valence-corrected chi connectivity index (χ3v) is 4.01. The first-order valence-electron chi connectivity index (χ1n) is 7.97. The molecule has 2 rings (SSSR count). The van der Waals surface area contributed by atoms with Gasteiger partial charge in [0.2, 0.25) is 0 Å². The van der Waals surface area contributed by atoms with Crippen molar-refractivity contribution in [1.82, 2.24) is 20.2 Å². The first-order valence-corrected chi connectivity index (χ1v) is 7.97. The van der Waals surface area contributed by atoms with Crippen molar-refractivity contribution >= 4 is 0 Å². The maximum Gasteiger partial charge on any atom is 0.274 e. The van der Waals surface area contributed by atoms with Crippen LogP contribution in [0.15, 0.2) is 24.5 Å². The number of hydrogen-bond acceptors (Lipinski definition) is 5. The van der Waals surface area contributed by atoms with E-state index in [0.29, 0.717) is 18.4 Å². The lowest BCUT2D eigenvalue weighted by Crippen LogP contribution is -2.37. The zero-order valence-corrected chi connectivity index (χ0v) is 13.1. The van der Waals surface area contributed by atoms with Crippen molar-refractivity contribution in [3.05, 3.63) is 40.4 Å². The van der Waals surface area contributed by atoms with Crippen LogP contribution in [-0.4, -0.2) is 27.1 Å². The largest absolute Gasteiger partial charge is 0.367 e. The van der Waals surface area contributed by atoms with Crippen LogP contribution < -0.4 is 10.6 Å². The molecule has 22 heavy (non-hydrogen) atoms. The van der Waals surface area contributed by atoms with Crippen LogP contribution in [0.1, 0.15) is 44.2 Å². The van der Waals surface area contributed by atoms with Crippen LogP contribution in [0, 0.1) is 17.0 Å². The molecule has 0 unspecified atom stereocenters. The monoisotopic (exact) mass is 307 g/mol. The lowest BCUT2D eigenvalue weighted by atomic mass is 9.95. The molecule has 0 spiro atoms. The second kappa shape index (κ2) is 8.41. The van der Waals surface area contributed by atoms with Gasteiger partial charge in [-0.3, -0.25) is 10.1 Å². The quantitative estimate of drug-likeness (QED) is 0.437. The number of nitrogens with zero attached hydrogens (tertiary/aromatic N) is 3. The third kappa shape index (κ3) is 5.38. The summed E-state index contributed by atoms with van der Waals surface area (Å²) in [4.78, 5) is 14.4. The van der Waals surface area contributed by atoms with E-state index in [4.69, 9.17) is 0 Å². The van der Waals surface area contributed by atoms with E-state index < -0.39 is 4.92 Å². The zero-order chi connectivity index (χ0) is 15.8. The van der Waals surface area contributed by atoms with Crippen LogP contribution in [0.3, 0.4) is 0 Å². The molecule has 0 radical (unpaired) electrons. The Morgan fingerprint density at radius 2 is 2.27 bits per heavy atom. The molecule has 1 aromatic rings. The summed E-state index contributed by atoms with van der Waals surface area (Å²) >= 11 is 0. The molecule has 1 fully saturated rings. The predicted octanol–water partition coefficient (Wildman–Crippen LogP) is 2.17. The minimum Gasteiger partial charge on any atom is -0.367 e. The van der Waals surface area contributed by atoms with E-state index in [9.17, 15) is 10.1 Å². The van der Waals surface area contributed by atoms with Gasteiger partial charge in [-0.2, -0.15) is 0 Å². The Labute approximate surface area is 131 Å². The fraction of sp³-hybridized carbons (Fsp3) is 0.667. The number of hydrogen-bond donors (Lipinski definition) is 2. The van der Waals surface area contributed by atoms with Crippen LogP contribution in [0.2, 0.25) is 0 Å². The smallest absolute Gasteiger partial charge is 0.274 e. The number of aromatic nitrogens is 2. The molecule has 1 aliphatic carbocycles. The minimum atomic E-state index is -0.405. The molecule has 0 aromatic carbocycles. The summed E-state index contributed by atoms with van der Waals surface area (Å²) in [6.07, 6.45) is 11.4. The summed E-state index contributed by atoms with van der Waals surface area (Å²) in [7, 11) is 0.